The highest BCUT2D eigenvalue weighted by molar-refractivity contribution is 5.66. The fraction of sp³-hybridized carbons (Fsp3) is 0.938. The monoisotopic (exact) mass is 269 g/mol. The maximum Gasteiger partial charge on any atom is 0.304 e. The second-order valence-electron chi connectivity index (χ2n) is 7.12. The van der Waals surface area contributed by atoms with Crippen molar-refractivity contribution in [2.24, 2.45) is 17.3 Å². The Morgan fingerprint density at radius 3 is 2.21 bits per heavy atom. The Bertz CT molecular complexity index is 275. The van der Waals surface area contributed by atoms with Crippen LogP contribution in [0, 0.1) is 17.3 Å². The van der Waals surface area contributed by atoms with Crippen LogP contribution in [0.25, 0.3) is 0 Å². The van der Waals surface area contributed by atoms with Crippen LogP contribution >= 0.6 is 0 Å². The quantitative estimate of drug-likeness (QED) is 0.800. The number of carboxylic acids is 1. The van der Waals surface area contributed by atoms with Crippen molar-refractivity contribution in [2.45, 2.75) is 59.8 Å². The molecule has 1 saturated carbocycles. The van der Waals surface area contributed by atoms with E-state index in [-0.39, 0.29) is 6.42 Å². The standard InChI is InChI=1S/C16H31NO2/c1-5-17(11-10-15(18)19)12-13-6-8-14(9-7-13)16(2,3)4/h13-14H,5-12H2,1-4H3,(H,18,19). The number of nitrogens with zero attached hydrogens (tertiary/aromatic N) is 1. The van der Waals surface area contributed by atoms with Gasteiger partial charge in [-0.3, -0.25) is 4.79 Å². The van der Waals surface area contributed by atoms with Crippen molar-refractivity contribution >= 4 is 5.97 Å². The molecule has 1 fully saturated rings. The third kappa shape index (κ3) is 5.94. The molecule has 0 aromatic heterocycles. The summed E-state index contributed by atoms with van der Waals surface area (Å²) in [5, 5.41) is 8.76. The first-order valence-corrected chi connectivity index (χ1v) is 7.77. The number of aliphatic carboxylic acids is 1. The van der Waals surface area contributed by atoms with E-state index >= 15 is 0 Å². The van der Waals surface area contributed by atoms with Crippen molar-refractivity contribution in [3.05, 3.63) is 0 Å². The lowest BCUT2D eigenvalue weighted by atomic mass is 9.70. The van der Waals surface area contributed by atoms with E-state index in [1.165, 1.54) is 25.7 Å². The molecule has 3 heteroatoms. The van der Waals surface area contributed by atoms with Gasteiger partial charge in [-0.05, 0) is 49.5 Å². The Kier molecular flexibility index (Phi) is 6.31. The lowest BCUT2D eigenvalue weighted by Crippen LogP contribution is -2.34. The first kappa shape index (κ1) is 16.5. The molecule has 1 rings (SSSR count). The normalized spacial score (nSPS) is 24.7. The fourth-order valence-electron chi connectivity index (χ4n) is 3.21. The molecule has 0 unspecified atom stereocenters. The van der Waals surface area contributed by atoms with E-state index < -0.39 is 5.97 Å². The van der Waals surface area contributed by atoms with Gasteiger partial charge in [0.2, 0.25) is 0 Å². The predicted octanol–water partition coefficient (Wildman–Crippen LogP) is 3.64. The molecule has 3 nitrogen and oxygen atoms in total. The zero-order valence-electron chi connectivity index (χ0n) is 13.1. The predicted molar refractivity (Wildman–Crippen MR) is 79.3 cm³/mol. The summed E-state index contributed by atoms with van der Waals surface area (Å²) in [6, 6.07) is 0. The zero-order chi connectivity index (χ0) is 14.5. The fourth-order valence-corrected chi connectivity index (χ4v) is 3.21. The van der Waals surface area contributed by atoms with Gasteiger partial charge in [0.1, 0.15) is 0 Å². The smallest absolute Gasteiger partial charge is 0.304 e. The van der Waals surface area contributed by atoms with Crippen LogP contribution in [0.1, 0.15) is 59.8 Å². The summed E-state index contributed by atoms with van der Waals surface area (Å²) in [5.41, 5.74) is 0.443. The molecule has 1 N–H and O–H groups in total. The van der Waals surface area contributed by atoms with Crippen molar-refractivity contribution in [1.29, 1.82) is 0 Å². The van der Waals surface area contributed by atoms with E-state index in [1.54, 1.807) is 0 Å². The molecule has 1 aliphatic carbocycles. The third-order valence-corrected chi connectivity index (χ3v) is 4.68. The lowest BCUT2D eigenvalue weighted by Gasteiger charge is -2.38. The first-order chi connectivity index (χ1) is 8.82. The Hall–Kier alpha value is -0.570. The van der Waals surface area contributed by atoms with E-state index in [4.69, 9.17) is 5.11 Å². The number of carboxylic acid groups (broad SMARTS) is 1. The van der Waals surface area contributed by atoms with Crippen LogP contribution < -0.4 is 0 Å². The number of hydrogen-bond donors (Lipinski definition) is 1. The Morgan fingerprint density at radius 2 is 1.79 bits per heavy atom. The van der Waals surface area contributed by atoms with Gasteiger partial charge in [-0.25, -0.2) is 0 Å². The molecule has 0 heterocycles. The topological polar surface area (TPSA) is 40.5 Å². The van der Waals surface area contributed by atoms with Gasteiger partial charge in [0.15, 0.2) is 0 Å². The Balaban J connectivity index is 2.32. The van der Waals surface area contributed by atoms with Crippen molar-refractivity contribution in [2.75, 3.05) is 19.6 Å². The average molecular weight is 269 g/mol. The van der Waals surface area contributed by atoms with E-state index in [0.717, 1.165) is 24.9 Å². The van der Waals surface area contributed by atoms with Gasteiger partial charge in [-0.15, -0.1) is 0 Å². The molecule has 0 amide bonds. The van der Waals surface area contributed by atoms with Crippen molar-refractivity contribution in [3.8, 4) is 0 Å². The van der Waals surface area contributed by atoms with Crippen LogP contribution in [0.3, 0.4) is 0 Å². The summed E-state index contributed by atoms with van der Waals surface area (Å²) >= 11 is 0. The molecule has 0 aliphatic heterocycles. The molecule has 0 bridgehead atoms. The number of carbonyl (C=O) groups is 1. The van der Waals surface area contributed by atoms with E-state index in [9.17, 15) is 4.79 Å². The summed E-state index contributed by atoms with van der Waals surface area (Å²) in [5.74, 6) is 0.945. The van der Waals surface area contributed by atoms with Crippen molar-refractivity contribution in [3.63, 3.8) is 0 Å². The first-order valence-electron chi connectivity index (χ1n) is 7.77. The van der Waals surface area contributed by atoms with Crippen LogP contribution in [0.5, 0.6) is 0 Å². The second kappa shape index (κ2) is 7.28. The molecule has 0 aromatic carbocycles. The summed E-state index contributed by atoms with van der Waals surface area (Å²) < 4.78 is 0. The van der Waals surface area contributed by atoms with Crippen LogP contribution in [0.4, 0.5) is 0 Å². The average Bonchev–Trinajstić information content (AvgIpc) is 2.33. The van der Waals surface area contributed by atoms with Crippen LogP contribution in [-0.2, 0) is 4.79 Å². The van der Waals surface area contributed by atoms with Gasteiger partial charge in [0, 0.05) is 13.1 Å². The van der Waals surface area contributed by atoms with Crippen LogP contribution in [0.2, 0.25) is 0 Å². The summed E-state index contributed by atoms with van der Waals surface area (Å²) in [6.45, 7) is 11.9. The highest BCUT2D eigenvalue weighted by Crippen LogP contribution is 2.39. The minimum absolute atomic E-state index is 0.269. The van der Waals surface area contributed by atoms with Crippen molar-refractivity contribution < 1.29 is 9.90 Å². The molecule has 19 heavy (non-hydrogen) atoms. The Morgan fingerprint density at radius 1 is 1.21 bits per heavy atom. The zero-order valence-corrected chi connectivity index (χ0v) is 13.1. The highest BCUT2D eigenvalue weighted by Gasteiger charge is 2.30. The van der Waals surface area contributed by atoms with Crippen LogP contribution in [0.15, 0.2) is 0 Å². The largest absolute Gasteiger partial charge is 0.481 e. The Labute approximate surface area is 118 Å². The maximum absolute atomic E-state index is 10.6. The lowest BCUT2D eigenvalue weighted by molar-refractivity contribution is -0.137. The molecule has 0 spiro atoms. The molecule has 0 radical (unpaired) electrons. The summed E-state index contributed by atoms with van der Waals surface area (Å²) in [4.78, 5) is 12.9. The molecule has 112 valence electrons. The van der Waals surface area contributed by atoms with Crippen molar-refractivity contribution in [1.82, 2.24) is 4.90 Å². The van der Waals surface area contributed by atoms with E-state index in [0.29, 0.717) is 12.0 Å². The second-order valence-corrected chi connectivity index (χ2v) is 7.12. The minimum atomic E-state index is -0.685. The van der Waals surface area contributed by atoms with Gasteiger partial charge in [-0.1, -0.05) is 27.7 Å². The number of hydrogen-bond acceptors (Lipinski definition) is 2. The highest BCUT2D eigenvalue weighted by atomic mass is 16.4. The SMILES string of the molecule is CCN(CCC(=O)O)CC1CCC(C(C)(C)C)CC1. The minimum Gasteiger partial charge on any atom is -0.481 e. The van der Waals surface area contributed by atoms with Crippen LogP contribution in [-0.4, -0.2) is 35.6 Å². The molecular formula is C16H31NO2. The summed E-state index contributed by atoms with van der Waals surface area (Å²) in [7, 11) is 0. The molecule has 1 aliphatic rings. The molecule has 0 atom stereocenters. The maximum atomic E-state index is 10.6. The summed E-state index contributed by atoms with van der Waals surface area (Å²) in [6.07, 6.45) is 5.57. The van der Waals surface area contributed by atoms with Gasteiger partial charge in [-0.2, -0.15) is 0 Å². The van der Waals surface area contributed by atoms with Gasteiger partial charge in [0.25, 0.3) is 0 Å². The van der Waals surface area contributed by atoms with E-state index in [2.05, 4.69) is 32.6 Å². The van der Waals surface area contributed by atoms with Gasteiger partial charge in [0.05, 0.1) is 6.42 Å². The third-order valence-electron chi connectivity index (χ3n) is 4.68. The molecular weight excluding hydrogens is 238 g/mol. The number of rotatable bonds is 6. The molecule has 0 aromatic rings. The van der Waals surface area contributed by atoms with E-state index in [1.807, 2.05) is 0 Å². The van der Waals surface area contributed by atoms with Gasteiger partial charge < -0.3 is 10.0 Å². The van der Waals surface area contributed by atoms with Gasteiger partial charge >= 0.3 is 5.97 Å². The molecule has 0 saturated heterocycles.